The molecule has 0 N–H and O–H groups in total. The van der Waals surface area contributed by atoms with Gasteiger partial charge in [0.25, 0.3) is 0 Å². The maximum Gasteiger partial charge on any atom is 0.185 e. The molecule has 3 heterocycles. The number of rotatable bonds is 2. The van der Waals surface area contributed by atoms with E-state index in [1.807, 2.05) is 24.6 Å². The average molecular weight is 260 g/mol. The number of anilines is 2. The molecule has 1 aliphatic heterocycles. The molecule has 1 aliphatic rings. The quantitative estimate of drug-likeness (QED) is 0.828. The number of aromatic nitrogens is 2. The summed E-state index contributed by atoms with van der Waals surface area (Å²) in [5.41, 5.74) is 1.08. The van der Waals surface area contributed by atoms with Crippen LogP contribution in [-0.4, -0.2) is 36.1 Å². The van der Waals surface area contributed by atoms with Crippen LogP contribution in [0.2, 0.25) is 0 Å². The Morgan fingerprint density at radius 2 is 1.89 bits per heavy atom. The van der Waals surface area contributed by atoms with Gasteiger partial charge in [-0.1, -0.05) is 6.07 Å². The molecule has 18 heavy (non-hydrogen) atoms. The van der Waals surface area contributed by atoms with Gasteiger partial charge in [-0.05, 0) is 19.1 Å². The molecule has 3 rings (SSSR count). The molecule has 2 aromatic heterocycles. The first-order chi connectivity index (χ1) is 8.83. The summed E-state index contributed by atoms with van der Waals surface area (Å²) >= 11 is 1.71. The molecule has 0 amide bonds. The Kier molecular flexibility index (Phi) is 3.15. The van der Waals surface area contributed by atoms with Crippen molar-refractivity contribution in [1.82, 2.24) is 9.97 Å². The molecule has 5 heteroatoms. The lowest BCUT2D eigenvalue weighted by atomic mass is 10.3. The van der Waals surface area contributed by atoms with Gasteiger partial charge in [0.05, 0.1) is 0 Å². The molecule has 0 aliphatic carbocycles. The molecule has 0 unspecified atom stereocenters. The summed E-state index contributed by atoms with van der Waals surface area (Å²) in [6.07, 6.45) is 1.87. The van der Waals surface area contributed by atoms with E-state index in [0.717, 1.165) is 42.8 Å². The molecule has 0 saturated carbocycles. The molecule has 2 aromatic rings. The Morgan fingerprint density at radius 3 is 2.56 bits per heavy atom. The van der Waals surface area contributed by atoms with Gasteiger partial charge in [-0.2, -0.15) is 0 Å². The van der Waals surface area contributed by atoms with Crippen LogP contribution in [-0.2, 0) is 0 Å². The van der Waals surface area contributed by atoms with Gasteiger partial charge in [-0.15, -0.1) is 11.3 Å². The summed E-state index contributed by atoms with van der Waals surface area (Å²) in [6.45, 7) is 6.09. The highest BCUT2D eigenvalue weighted by Crippen LogP contribution is 2.21. The lowest BCUT2D eigenvalue weighted by Crippen LogP contribution is -2.46. The van der Waals surface area contributed by atoms with Gasteiger partial charge in [0, 0.05) is 43.4 Å². The lowest BCUT2D eigenvalue weighted by molar-refractivity contribution is 0.645. The molecule has 4 nitrogen and oxygen atoms in total. The van der Waals surface area contributed by atoms with Gasteiger partial charge in [-0.3, -0.25) is 0 Å². The Morgan fingerprint density at radius 1 is 1.11 bits per heavy atom. The molecule has 0 aromatic carbocycles. The van der Waals surface area contributed by atoms with Crippen molar-refractivity contribution >= 4 is 22.3 Å². The number of thiazole rings is 1. The largest absolute Gasteiger partial charge is 0.353 e. The fourth-order valence-corrected chi connectivity index (χ4v) is 2.90. The summed E-state index contributed by atoms with van der Waals surface area (Å²) in [5.74, 6) is 1.09. The summed E-state index contributed by atoms with van der Waals surface area (Å²) < 4.78 is 0. The van der Waals surface area contributed by atoms with E-state index < -0.39 is 0 Å². The van der Waals surface area contributed by atoms with Crippen molar-refractivity contribution in [2.75, 3.05) is 36.0 Å². The van der Waals surface area contributed by atoms with Gasteiger partial charge >= 0.3 is 0 Å². The van der Waals surface area contributed by atoms with E-state index in [1.54, 1.807) is 11.3 Å². The third-order valence-electron chi connectivity index (χ3n) is 3.17. The smallest absolute Gasteiger partial charge is 0.185 e. The van der Waals surface area contributed by atoms with Crippen LogP contribution in [0.15, 0.2) is 29.8 Å². The predicted octanol–water partition coefficient (Wildman–Crippen LogP) is 2.17. The molecule has 0 spiro atoms. The van der Waals surface area contributed by atoms with Crippen molar-refractivity contribution in [2.45, 2.75) is 6.92 Å². The van der Waals surface area contributed by atoms with E-state index in [1.165, 1.54) is 0 Å². The zero-order valence-corrected chi connectivity index (χ0v) is 11.2. The fraction of sp³-hybridized carbons (Fsp3) is 0.385. The van der Waals surface area contributed by atoms with Crippen molar-refractivity contribution < 1.29 is 0 Å². The zero-order chi connectivity index (χ0) is 12.4. The van der Waals surface area contributed by atoms with E-state index in [-0.39, 0.29) is 0 Å². The first-order valence-corrected chi connectivity index (χ1v) is 7.04. The Hall–Kier alpha value is -1.62. The van der Waals surface area contributed by atoms with Crippen molar-refractivity contribution in [3.8, 4) is 0 Å². The SMILES string of the molecule is Cc1cccc(N2CCN(c3nccs3)CC2)n1. The van der Waals surface area contributed by atoms with Gasteiger partial charge in [0.1, 0.15) is 5.82 Å². The van der Waals surface area contributed by atoms with Crippen LogP contribution in [0.5, 0.6) is 0 Å². The highest BCUT2D eigenvalue weighted by molar-refractivity contribution is 7.13. The van der Waals surface area contributed by atoms with Gasteiger partial charge < -0.3 is 9.80 Å². The summed E-state index contributed by atoms with van der Waals surface area (Å²) in [5, 5.41) is 3.16. The molecular weight excluding hydrogens is 244 g/mol. The van der Waals surface area contributed by atoms with E-state index in [0.29, 0.717) is 0 Å². The van der Waals surface area contributed by atoms with Crippen LogP contribution >= 0.6 is 11.3 Å². The van der Waals surface area contributed by atoms with Crippen LogP contribution in [0.1, 0.15) is 5.69 Å². The van der Waals surface area contributed by atoms with Crippen LogP contribution < -0.4 is 9.80 Å². The topological polar surface area (TPSA) is 32.3 Å². The number of hydrogen-bond donors (Lipinski definition) is 0. The Balaban J connectivity index is 1.67. The second-order valence-electron chi connectivity index (χ2n) is 4.43. The average Bonchev–Trinajstić information content (AvgIpc) is 2.93. The maximum atomic E-state index is 4.58. The summed E-state index contributed by atoms with van der Waals surface area (Å²) in [7, 11) is 0. The molecule has 1 fully saturated rings. The predicted molar refractivity (Wildman–Crippen MR) is 75.5 cm³/mol. The Bertz CT molecular complexity index is 503. The minimum Gasteiger partial charge on any atom is -0.353 e. The van der Waals surface area contributed by atoms with Crippen molar-refractivity contribution in [1.29, 1.82) is 0 Å². The molecule has 94 valence electrons. The minimum atomic E-state index is 1.01. The first kappa shape index (κ1) is 11.5. The fourth-order valence-electron chi connectivity index (χ4n) is 2.20. The number of aryl methyl sites for hydroxylation is 1. The summed E-state index contributed by atoms with van der Waals surface area (Å²) in [6, 6.07) is 6.20. The molecule has 0 radical (unpaired) electrons. The monoisotopic (exact) mass is 260 g/mol. The number of nitrogens with zero attached hydrogens (tertiary/aromatic N) is 4. The number of pyridine rings is 1. The van der Waals surface area contributed by atoms with Crippen LogP contribution in [0.25, 0.3) is 0 Å². The second-order valence-corrected chi connectivity index (χ2v) is 5.30. The minimum absolute atomic E-state index is 1.01. The highest BCUT2D eigenvalue weighted by Gasteiger charge is 2.19. The number of piperazine rings is 1. The highest BCUT2D eigenvalue weighted by atomic mass is 32.1. The van der Waals surface area contributed by atoms with Crippen molar-refractivity contribution in [3.63, 3.8) is 0 Å². The van der Waals surface area contributed by atoms with Gasteiger partial charge in [-0.25, -0.2) is 9.97 Å². The molecular formula is C13H16N4S. The maximum absolute atomic E-state index is 4.58. The van der Waals surface area contributed by atoms with Crippen LogP contribution in [0.3, 0.4) is 0 Å². The number of hydrogen-bond acceptors (Lipinski definition) is 5. The van der Waals surface area contributed by atoms with Gasteiger partial charge in [0.2, 0.25) is 0 Å². The standard InChI is InChI=1S/C13H16N4S/c1-11-3-2-4-12(15-11)16-6-8-17(9-7-16)13-14-5-10-18-13/h2-5,10H,6-9H2,1H3. The first-order valence-electron chi connectivity index (χ1n) is 6.16. The van der Waals surface area contributed by atoms with Crippen LogP contribution in [0.4, 0.5) is 10.9 Å². The third kappa shape index (κ3) is 2.31. The molecule has 0 atom stereocenters. The Labute approximate surface area is 111 Å². The molecule has 0 bridgehead atoms. The van der Waals surface area contributed by atoms with E-state index >= 15 is 0 Å². The van der Waals surface area contributed by atoms with Gasteiger partial charge in [0.15, 0.2) is 5.13 Å². The lowest BCUT2D eigenvalue weighted by Gasteiger charge is -2.35. The summed E-state index contributed by atoms with van der Waals surface area (Å²) in [4.78, 5) is 13.6. The van der Waals surface area contributed by atoms with Crippen molar-refractivity contribution in [2.24, 2.45) is 0 Å². The van der Waals surface area contributed by atoms with Crippen molar-refractivity contribution in [3.05, 3.63) is 35.5 Å². The van der Waals surface area contributed by atoms with E-state index in [2.05, 4.69) is 31.9 Å². The van der Waals surface area contributed by atoms with E-state index in [9.17, 15) is 0 Å². The van der Waals surface area contributed by atoms with E-state index in [4.69, 9.17) is 0 Å². The zero-order valence-electron chi connectivity index (χ0n) is 10.4. The second kappa shape index (κ2) is 4.94. The normalized spacial score (nSPS) is 16.1. The third-order valence-corrected chi connectivity index (χ3v) is 4.00. The molecule has 1 saturated heterocycles. The van der Waals surface area contributed by atoms with Crippen LogP contribution in [0, 0.1) is 6.92 Å².